The Labute approximate surface area is 80.2 Å². The smallest absolute Gasteiger partial charge is 0.248 e. The van der Waals surface area contributed by atoms with Gasteiger partial charge in [-0.25, -0.2) is 0 Å². The van der Waals surface area contributed by atoms with Crippen molar-refractivity contribution in [2.75, 3.05) is 0 Å². The number of rotatable bonds is 1. The summed E-state index contributed by atoms with van der Waals surface area (Å²) < 4.78 is 0. The molecule has 0 aliphatic carbocycles. The van der Waals surface area contributed by atoms with Gasteiger partial charge in [-0.2, -0.15) is 0 Å². The summed E-state index contributed by atoms with van der Waals surface area (Å²) >= 11 is 0. The van der Waals surface area contributed by atoms with Gasteiger partial charge in [-0.3, -0.25) is 4.79 Å². The highest BCUT2D eigenvalue weighted by Gasteiger charge is 2.13. The molecule has 0 heterocycles. The Morgan fingerprint density at radius 1 is 1.23 bits per heavy atom. The maximum Gasteiger partial charge on any atom is 0.248 e. The van der Waals surface area contributed by atoms with Crippen LogP contribution >= 0.6 is 0 Å². The van der Waals surface area contributed by atoms with Crippen LogP contribution in [0.4, 0.5) is 0 Å². The van der Waals surface area contributed by atoms with E-state index in [-0.39, 0.29) is 12.7 Å². The fourth-order valence-electron chi connectivity index (χ4n) is 1.13. The van der Waals surface area contributed by atoms with E-state index in [9.17, 15) is 4.79 Å². The minimum atomic E-state index is -0.375. The second kappa shape index (κ2) is 3.21. The number of carbonyl (C=O) groups excluding carboxylic acids is 1. The van der Waals surface area contributed by atoms with Crippen LogP contribution in [0.3, 0.4) is 0 Å². The molecule has 1 amide bonds. The van der Waals surface area contributed by atoms with Crippen molar-refractivity contribution in [3.8, 4) is 0 Å². The fraction of sp³-hybridized carbons (Fsp3) is 0.364. The summed E-state index contributed by atoms with van der Waals surface area (Å²) in [5, 5.41) is 0. The zero-order valence-electron chi connectivity index (χ0n) is 8.29. The molecule has 72 valence electrons. The van der Waals surface area contributed by atoms with Crippen LogP contribution in [0, 0.1) is 0 Å². The van der Waals surface area contributed by atoms with Crippen molar-refractivity contribution >= 4 is 5.91 Å². The number of primary amides is 1. The number of hydrogen-bond donors (Lipinski definition) is 1. The molecule has 0 aliphatic heterocycles. The second-order valence-corrected chi connectivity index (χ2v) is 4.19. The SMILES string of the molecule is CC(C)(C)c1ccc(C(N)=O)cc1.[HH]. The zero-order chi connectivity index (χ0) is 10.1. The van der Waals surface area contributed by atoms with Crippen LogP contribution in [0.25, 0.3) is 0 Å². The normalized spacial score (nSPS) is 11.3. The first-order valence-electron chi connectivity index (χ1n) is 4.31. The Morgan fingerprint density at radius 3 is 2.00 bits per heavy atom. The molecule has 0 aliphatic rings. The van der Waals surface area contributed by atoms with Gasteiger partial charge in [-0.15, -0.1) is 0 Å². The molecule has 0 spiro atoms. The Hall–Kier alpha value is -1.31. The molecule has 0 atom stereocenters. The molecule has 0 radical (unpaired) electrons. The Balaban J connectivity index is 0.00000169. The lowest BCUT2D eigenvalue weighted by atomic mass is 9.87. The van der Waals surface area contributed by atoms with E-state index in [1.54, 1.807) is 12.1 Å². The third kappa shape index (κ3) is 2.31. The third-order valence-corrected chi connectivity index (χ3v) is 2.04. The minimum absolute atomic E-state index is 0. The zero-order valence-corrected chi connectivity index (χ0v) is 8.29. The summed E-state index contributed by atoms with van der Waals surface area (Å²) in [7, 11) is 0. The van der Waals surface area contributed by atoms with E-state index in [4.69, 9.17) is 5.73 Å². The molecule has 0 unspecified atom stereocenters. The van der Waals surface area contributed by atoms with Gasteiger partial charge < -0.3 is 5.73 Å². The number of hydrogen-bond acceptors (Lipinski definition) is 1. The standard InChI is InChI=1S/C11H15NO.H2/c1-11(2,3)9-6-4-8(5-7-9)10(12)13;/h4-7H,1-3H3,(H2,12,13);1H. The molecular weight excluding hydrogens is 162 g/mol. The van der Waals surface area contributed by atoms with Crippen molar-refractivity contribution in [1.82, 2.24) is 0 Å². The van der Waals surface area contributed by atoms with Crippen LogP contribution in [0.5, 0.6) is 0 Å². The summed E-state index contributed by atoms with van der Waals surface area (Å²) in [6, 6.07) is 7.42. The first-order valence-corrected chi connectivity index (χ1v) is 4.31. The van der Waals surface area contributed by atoms with Gasteiger partial charge in [0.2, 0.25) is 5.91 Å². The lowest BCUT2D eigenvalue weighted by Crippen LogP contribution is -2.13. The van der Waals surface area contributed by atoms with Gasteiger partial charge in [-0.1, -0.05) is 32.9 Å². The topological polar surface area (TPSA) is 43.1 Å². The number of carbonyl (C=O) groups is 1. The lowest BCUT2D eigenvalue weighted by molar-refractivity contribution is 0.100. The van der Waals surface area contributed by atoms with E-state index in [1.807, 2.05) is 12.1 Å². The monoisotopic (exact) mass is 179 g/mol. The largest absolute Gasteiger partial charge is 0.366 e. The fourth-order valence-corrected chi connectivity index (χ4v) is 1.13. The van der Waals surface area contributed by atoms with Crippen LogP contribution in [-0.4, -0.2) is 5.91 Å². The van der Waals surface area contributed by atoms with Crippen LogP contribution in [0.2, 0.25) is 0 Å². The molecule has 1 aromatic carbocycles. The van der Waals surface area contributed by atoms with E-state index in [0.29, 0.717) is 5.56 Å². The summed E-state index contributed by atoms with van der Waals surface area (Å²) in [6.07, 6.45) is 0. The quantitative estimate of drug-likeness (QED) is 0.706. The van der Waals surface area contributed by atoms with Crippen molar-refractivity contribution in [3.05, 3.63) is 35.4 Å². The average Bonchev–Trinajstić information content (AvgIpc) is 2.03. The molecule has 0 fully saturated rings. The minimum Gasteiger partial charge on any atom is -0.366 e. The highest BCUT2D eigenvalue weighted by Crippen LogP contribution is 2.21. The summed E-state index contributed by atoms with van der Waals surface area (Å²) in [4.78, 5) is 10.8. The van der Waals surface area contributed by atoms with Crippen LogP contribution in [0.15, 0.2) is 24.3 Å². The summed E-state index contributed by atoms with van der Waals surface area (Å²) in [6.45, 7) is 6.39. The summed E-state index contributed by atoms with van der Waals surface area (Å²) in [5.41, 5.74) is 7.02. The third-order valence-electron chi connectivity index (χ3n) is 2.04. The van der Waals surface area contributed by atoms with E-state index >= 15 is 0 Å². The maximum absolute atomic E-state index is 10.8. The first-order chi connectivity index (χ1) is 5.91. The Bertz CT molecular complexity index is 311. The molecule has 1 rings (SSSR count). The van der Waals surface area contributed by atoms with Crippen molar-refractivity contribution in [3.63, 3.8) is 0 Å². The van der Waals surface area contributed by atoms with Crippen molar-refractivity contribution in [1.29, 1.82) is 0 Å². The Kier molecular flexibility index (Phi) is 2.41. The van der Waals surface area contributed by atoms with Crippen LogP contribution in [-0.2, 0) is 5.41 Å². The van der Waals surface area contributed by atoms with E-state index in [1.165, 1.54) is 5.56 Å². The molecule has 0 saturated carbocycles. The van der Waals surface area contributed by atoms with Crippen molar-refractivity contribution in [2.24, 2.45) is 5.73 Å². The van der Waals surface area contributed by atoms with E-state index in [2.05, 4.69) is 20.8 Å². The van der Waals surface area contributed by atoms with E-state index in [0.717, 1.165) is 0 Å². The van der Waals surface area contributed by atoms with Gasteiger partial charge in [0.1, 0.15) is 0 Å². The molecule has 2 heteroatoms. The maximum atomic E-state index is 10.8. The predicted octanol–water partition coefficient (Wildman–Crippen LogP) is 2.33. The van der Waals surface area contributed by atoms with Crippen molar-refractivity contribution in [2.45, 2.75) is 26.2 Å². The number of benzene rings is 1. The highest BCUT2D eigenvalue weighted by atomic mass is 16.1. The molecular formula is C11H17NO. The molecule has 1 aromatic rings. The number of amides is 1. The van der Waals surface area contributed by atoms with Crippen molar-refractivity contribution < 1.29 is 6.22 Å². The van der Waals surface area contributed by atoms with E-state index < -0.39 is 0 Å². The van der Waals surface area contributed by atoms with Gasteiger partial charge >= 0.3 is 0 Å². The van der Waals surface area contributed by atoms with Gasteiger partial charge in [0.15, 0.2) is 0 Å². The van der Waals surface area contributed by atoms with Gasteiger partial charge in [0, 0.05) is 6.99 Å². The average molecular weight is 179 g/mol. The first kappa shape index (κ1) is 9.78. The van der Waals surface area contributed by atoms with Gasteiger partial charge in [-0.05, 0) is 23.1 Å². The predicted molar refractivity (Wildman–Crippen MR) is 55.8 cm³/mol. The molecule has 2 N–H and O–H groups in total. The number of nitrogens with two attached hydrogens (primary N) is 1. The molecule has 2 nitrogen and oxygen atoms in total. The van der Waals surface area contributed by atoms with Gasteiger partial charge in [0.25, 0.3) is 0 Å². The Morgan fingerprint density at radius 2 is 1.69 bits per heavy atom. The molecule has 0 aromatic heterocycles. The lowest BCUT2D eigenvalue weighted by Gasteiger charge is -2.18. The second-order valence-electron chi connectivity index (χ2n) is 4.19. The highest BCUT2D eigenvalue weighted by molar-refractivity contribution is 5.92. The summed E-state index contributed by atoms with van der Waals surface area (Å²) in [5.74, 6) is -0.375. The molecule has 0 saturated heterocycles. The van der Waals surface area contributed by atoms with Crippen LogP contribution in [0.1, 0.15) is 38.1 Å². The molecule has 13 heavy (non-hydrogen) atoms. The molecule has 0 bridgehead atoms. The van der Waals surface area contributed by atoms with Crippen LogP contribution < -0.4 is 5.73 Å². The van der Waals surface area contributed by atoms with Gasteiger partial charge in [0.05, 0.1) is 0 Å².